The lowest BCUT2D eigenvalue weighted by molar-refractivity contribution is -0.113. The van der Waals surface area contributed by atoms with Crippen molar-refractivity contribution < 1.29 is 4.79 Å². The fourth-order valence-corrected chi connectivity index (χ4v) is 3.86. The van der Waals surface area contributed by atoms with Gasteiger partial charge in [-0.1, -0.05) is 72.8 Å². The van der Waals surface area contributed by atoms with E-state index in [1.165, 1.54) is 17.3 Å². The van der Waals surface area contributed by atoms with Crippen molar-refractivity contribution in [3.8, 4) is 11.4 Å². The largest absolute Gasteiger partial charge is 0.325 e. The summed E-state index contributed by atoms with van der Waals surface area (Å²) in [6.45, 7) is 10.6. The monoisotopic (exact) mass is 406 g/mol. The zero-order valence-electron chi connectivity index (χ0n) is 17.1. The van der Waals surface area contributed by atoms with Crippen molar-refractivity contribution in [2.45, 2.75) is 38.9 Å². The minimum absolute atomic E-state index is 0.0518. The van der Waals surface area contributed by atoms with E-state index in [4.69, 9.17) is 0 Å². The van der Waals surface area contributed by atoms with Gasteiger partial charge in [0.05, 0.1) is 5.75 Å². The molecule has 150 valence electrons. The zero-order chi connectivity index (χ0) is 20.8. The Bertz CT molecular complexity index is 1010. The highest BCUT2D eigenvalue weighted by Gasteiger charge is 2.16. The first-order chi connectivity index (χ1) is 14.0. The van der Waals surface area contributed by atoms with Crippen LogP contribution in [0.2, 0.25) is 0 Å². The van der Waals surface area contributed by atoms with E-state index in [-0.39, 0.29) is 11.7 Å². The highest BCUT2D eigenvalue weighted by molar-refractivity contribution is 7.99. The number of rotatable bonds is 8. The third kappa shape index (κ3) is 4.95. The first-order valence-corrected chi connectivity index (χ1v) is 10.6. The minimum Gasteiger partial charge on any atom is -0.325 e. The van der Waals surface area contributed by atoms with Crippen molar-refractivity contribution in [3.63, 3.8) is 0 Å². The Labute approximate surface area is 176 Å². The molecule has 0 bridgehead atoms. The molecular weight excluding hydrogens is 380 g/mol. The molecule has 5 nitrogen and oxygen atoms in total. The third-order valence-electron chi connectivity index (χ3n) is 4.68. The maximum atomic E-state index is 12.6. The Morgan fingerprint density at radius 3 is 2.62 bits per heavy atom. The Hall–Kier alpha value is -2.86. The molecule has 0 saturated heterocycles. The summed E-state index contributed by atoms with van der Waals surface area (Å²) >= 11 is 1.38. The van der Waals surface area contributed by atoms with Gasteiger partial charge in [-0.25, -0.2) is 0 Å². The van der Waals surface area contributed by atoms with Crippen LogP contribution in [-0.2, 0) is 17.8 Å². The summed E-state index contributed by atoms with van der Waals surface area (Å²) in [4.78, 5) is 12.6. The lowest BCUT2D eigenvalue weighted by Crippen LogP contribution is -2.16. The van der Waals surface area contributed by atoms with E-state index in [9.17, 15) is 4.79 Å². The molecule has 3 aromatic rings. The van der Waals surface area contributed by atoms with Crippen LogP contribution in [-0.4, -0.2) is 26.4 Å². The molecule has 0 atom stereocenters. The number of aromatic nitrogens is 3. The summed E-state index contributed by atoms with van der Waals surface area (Å²) in [5.74, 6) is 0.990. The number of thioether (sulfide) groups is 1. The van der Waals surface area contributed by atoms with Crippen LogP contribution in [0.3, 0.4) is 0 Å². The number of nitrogens with one attached hydrogen (secondary N) is 1. The molecule has 0 aliphatic heterocycles. The topological polar surface area (TPSA) is 59.8 Å². The van der Waals surface area contributed by atoms with Crippen molar-refractivity contribution in [2.24, 2.45) is 0 Å². The van der Waals surface area contributed by atoms with Crippen LogP contribution in [0.15, 0.2) is 60.3 Å². The van der Waals surface area contributed by atoms with E-state index < -0.39 is 0 Å². The second kappa shape index (κ2) is 9.56. The molecular formula is C23H26N4OS. The van der Waals surface area contributed by atoms with Crippen molar-refractivity contribution >= 4 is 23.4 Å². The van der Waals surface area contributed by atoms with Gasteiger partial charge in [-0.05, 0) is 31.4 Å². The number of aryl methyl sites for hydroxylation is 3. The van der Waals surface area contributed by atoms with Gasteiger partial charge in [0.15, 0.2) is 11.0 Å². The molecule has 0 unspecified atom stereocenters. The number of amides is 1. The maximum Gasteiger partial charge on any atom is 0.234 e. The molecule has 0 spiro atoms. The molecule has 0 radical (unpaired) electrons. The number of carbonyl (C=O) groups excluding carboxylic acids is 1. The lowest BCUT2D eigenvalue weighted by Gasteiger charge is -2.13. The standard InChI is InChI=1S/C23H26N4OS/c1-5-14-27-22(19-12-10-16(3)11-13-19)25-26-23(27)29-15-20(28)24-21-17(4)8-7-9-18(21)6-2/h5,7-13H,1,6,14-15H2,2-4H3,(H,24,28). The molecule has 6 heteroatoms. The van der Waals surface area contributed by atoms with Crippen LogP contribution >= 0.6 is 11.8 Å². The average Bonchev–Trinajstić information content (AvgIpc) is 3.11. The van der Waals surface area contributed by atoms with Crippen LogP contribution in [0.1, 0.15) is 23.6 Å². The number of hydrogen-bond acceptors (Lipinski definition) is 4. The van der Waals surface area contributed by atoms with Gasteiger partial charge in [-0.3, -0.25) is 9.36 Å². The van der Waals surface area contributed by atoms with Gasteiger partial charge in [-0.15, -0.1) is 16.8 Å². The van der Waals surface area contributed by atoms with E-state index in [1.54, 1.807) is 0 Å². The molecule has 1 aromatic heterocycles. The fourth-order valence-electron chi connectivity index (χ4n) is 3.11. The molecule has 3 rings (SSSR count). The Balaban J connectivity index is 1.74. The van der Waals surface area contributed by atoms with Crippen LogP contribution in [0, 0.1) is 13.8 Å². The van der Waals surface area contributed by atoms with Gasteiger partial charge in [0.1, 0.15) is 0 Å². The van der Waals surface area contributed by atoms with E-state index in [1.807, 2.05) is 47.9 Å². The summed E-state index contributed by atoms with van der Waals surface area (Å²) in [5.41, 5.74) is 5.30. The van der Waals surface area contributed by atoms with Crippen LogP contribution in [0.4, 0.5) is 5.69 Å². The van der Waals surface area contributed by atoms with Crippen LogP contribution in [0.25, 0.3) is 11.4 Å². The smallest absolute Gasteiger partial charge is 0.234 e. The third-order valence-corrected chi connectivity index (χ3v) is 5.64. The lowest BCUT2D eigenvalue weighted by atomic mass is 10.1. The predicted octanol–water partition coefficient (Wildman–Crippen LogP) is 5.04. The first kappa shape index (κ1) is 20.9. The fraction of sp³-hybridized carbons (Fsp3) is 0.261. The van der Waals surface area contributed by atoms with Crippen molar-refractivity contribution in [1.29, 1.82) is 0 Å². The number of para-hydroxylation sites is 1. The van der Waals surface area contributed by atoms with Crippen LogP contribution < -0.4 is 5.32 Å². The summed E-state index contributed by atoms with van der Waals surface area (Å²) < 4.78 is 1.99. The molecule has 2 aromatic carbocycles. The molecule has 1 heterocycles. The quantitative estimate of drug-likeness (QED) is 0.420. The van der Waals surface area contributed by atoms with Gasteiger partial charge < -0.3 is 5.32 Å². The van der Waals surface area contributed by atoms with Crippen molar-refractivity contribution in [1.82, 2.24) is 14.8 Å². The molecule has 0 aliphatic rings. The highest BCUT2D eigenvalue weighted by Crippen LogP contribution is 2.25. The van der Waals surface area contributed by atoms with E-state index in [0.717, 1.165) is 34.6 Å². The van der Waals surface area contributed by atoms with Gasteiger partial charge in [-0.2, -0.15) is 0 Å². The predicted molar refractivity (Wildman–Crippen MR) is 120 cm³/mol. The molecule has 0 aliphatic carbocycles. The second-order valence-corrected chi connectivity index (χ2v) is 7.81. The van der Waals surface area contributed by atoms with Crippen molar-refractivity contribution in [2.75, 3.05) is 11.1 Å². The number of hydrogen-bond donors (Lipinski definition) is 1. The number of allylic oxidation sites excluding steroid dienone is 1. The van der Waals surface area contributed by atoms with Gasteiger partial charge in [0, 0.05) is 17.8 Å². The van der Waals surface area contributed by atoms with Gasteiger partial charge in [0.2, 0.25) is 5.91 Å². The molecule has 0 saturated carbocycles. The zero-order valence-corrected chi connectivity index (χ0v) is 17.9. The molecule has 1 N–H and O–H groups in total. The van der Waals surface area contributed by atoms with Crippen LogP contribution in [0.5, 0.6) is 0 Å². The molecule has 29 heavy (non-hydrogen) atoms. The maximum absolute atomic E-state index is 12.6. The first-order valence-electron chi connectivity index (χ1n) is 9.65. The average molecular weight is 407 g/mol. The number of carbonyl (C=O) groups is 1. The minimum atomic E-state index is -0.0518. The van der Waals surface area contributed by atoms with Crippen molar-refractivity contribution in [3.05, 3.63) is 71.8 Å². The SMILES string of the molecule is C=CCn1c(SCC(=O)Nc2c(C)cccc2CC)nnc1-c1ccc(C)cc1. The van der Waals surface area contributed by atoms with Gasteiger partial charge in [0.25, 0.3) is 0 Å². The Morgan fingerprint density at radius 1 is 1.17 bits per heavy atom. The summed E-state index contributed by atoms with van der Waals surface area (Å²) in [6, 6.07) is 14.2. The summed E-state index contributed by atoms with van der Waals surface area (Å²) in [7, 11) is 0. The second-order valence-electron chi connectivity index (χ2n) is 6.87. The van der Waals surface area contributed by atoms with Gasteiger partial charge >= 0.3 is 0 Å². The Kier molecular flexibility index (Phi) is 6.88. The molecule has 0 fully saturated rings. The number of anilines is 1. The number of nitrogens with zero attached hydrogens (tertiary/aromatic N) is 3. The van der Waals surface area contributed by atoms with E-state index in [0.29, 0.717) is 11.7 Å². The number of benzene rings is 2. The Morgan fingerprint density at radius 2 is 1.93 bits per heavy atom. The summed E-state index contributed by atoms with van der Waals surface area (Å²) in [6.07, 6.45) is 2.68. The molecule has 1 amide bonds. The highest BCUT2D eigenvalue weighted by atomic mass is 32.2. The van der Waals surface area contributed by atoms with E-state index in [2.05, 4.69) is 48.1 Å². The summed E-state index contributed by atoms with van der Waals surface area (Å²) in [5, 5.41) is 12.4. The van der Waals surface area contributed by atoms with E-state index >= 15 is 0 Å². The normalized spacial score (nSPS) is 10.7.